The van der Waals surface area contributed by atoms with Crippen LogP contribution in [0.1, 0.15) is 15.9 Å². The Hall–Kier alpha value is -4.59. The minimum atomic E-state index is -0.344. The molecule has 0 fully saturated rings. The minimum absolute atomic E-state index is 0.344. The number of carbonyl (C=O) groups is 1. The van der Waals surface area contributed by atoms with Gasteiger partial charge in [0.1, 0.15) is 0 Å². The summed E-state index contributed by atoms with van der Waals surface area (Å²) < 4.78 is 16.4. The highest BCUT2D eigenvalue weighted by atomic mass is 16.5. The van der Waals surface area contributed by atoms with Crippen LogP contribution in [-0.2, 0) is 0 Å². The molecule has 0 aliphatic heterocycles. The van der Waals surface area contributed by atoms with Gasteiger partial charge in [-0.3, -0.25) is 4.79 Å². The van der Waals surface area contributed by atoms with Gasteiger partial charge in [0.25, 0.3) is 5.91 Å². The van der Waals surface area contributed by atoms with Crippen molar-refractivity contribution in [1.82, 2.24) is 10.4 Å². The van der Waals surface area contributed by atoms with E-state index in [1.165, 1.54) is 0 Å². The summed E-state index contributed by atoms with van der Waals surface area (Å²) in [6.07, 6.45) is 1.61. The molecule has 8 heteroatoms. The lowest BCUT2D eigenvalue weighted by atomic mass is 10.0. The van der Waals surface area contributed by atoms with Crippen LogP contribution < -0.4 is 24.5 Å². The number of aromatic nitrogens is 1. The van der Waals surface area contributed by atoms with E-state index in [0.29, 0.717) is 39.6 Å². The predicted octanol–water partition coefficient (Wildman–Crippen LogP) is 4.76. The molecule has 0 saturated heterocycles. The summed E-state index contributed by atoms with van der Waals surface area (Å²) in [4.78, 5) is 20.0. The highest BCUT2D eigenvalue weighted by Crippen LogP contribution is 2.41. The van der Waals surface area contributed by atoms with Gasteiger partial charge in [-0.1, -0.05) is 30.3 Å². The molecule has 8 nitrogen and oxygen atoms in total. The molecular formula is C28H28N4O4. The summed E-state index contributed by atoms with van der Waals surface area (Å²) in [6.45, 7) is 0. The average molecular weight is 485 g/mol. The van der Waals surface area contributed by atoms with Gasteiger partial charge in [0, 0.05) is 30.7 Å². The summed E-state index contributed by atoms with van der Waals surface area (Å²) in [5.74, 6) is 1.13. The summed E-state index contributed by atoms with van der Waals surface area (Å²) >= 11 is 0. The van der Waals surface area contributed by atoms with Gasteiger partial charge in [0.15, 0.2) is 11.5 Å². The standard InChI is InChI=1S/C28H28N4O4/c1-32(2)20-12-10-18(11-13-20)17-29-31-28(33)22-16-24(30-23-9-7-6-8-21(22)23)19-14-25(34-3)27(36-5)26(15-19)35-4/h6-17H,1-5H3,(H,31,33). The van der Waals surface area contributed by atoms with Crippen molar-refractivity contribution < 1.29 is 19.0 Å². The molecule has 1 amide bonds. The molecule has 0 radical (unpaired) electrons. The van der Waals surface area contributed by atoms with E-state index < -0.39 is 0 Å². The Morgan fingerprint density at radius 3 is 2.19 bits per heavy atom. The van der Waals surface area contributed by atoms with Crippen molar-refractivity contribution in [2.24, 2.45) is 5.10 Å². The van der Waals surface area contributed by atoms with E-state index in [1.807, 2.05) is 67.5 Å². The van der Waals surface area contributed by atoms with Crippen LogP contribution in [0.25, 0.3) is 22.2 Å². The normalized spacial score (nSPS) is 10.9. The smallest absolute Gasteiger partial charge is 0.272 e. The zero-order valence-corrected chi connectivity index (χ0v) is 20.9. The van der Waals surface area contributed by atoms with Crippen molar-refractivity contribution >= 4 is 28.7 Å². The Morgan fingerprint density at radius 2 is 1.58 bits per heavy atom. The zero-order valence-electron chi connectivity index (χ0n) is 20.9. The van der Waals surface area contributed by atoms with Crippen LogP contribution >= 0.6 is 0 Å². The quantitative estimate of drug-likeness (QED) is 0.287. The van der Waals surface area contributed by atoms with E-state index in [0.717, 1.165) is 16.6 Å². The summed E-state index contributed by atoms with van der Waals surface area (Å²) in [6, 6.07) is 20.7. The van der Waals surface area contributed by atoms with Crippen LogP contribution in [0, 0.1) is 0 Å². The second-order valence-electron chi connectivity index (χ2n) is 8.17. The third kappa shape index (κ3) is 5.07. The highest BCUT2D eigenvalue weighted by Gasteiger charge is 2.18. The first-order valence-electron chi connectivity index (χ1n) is 11.3. The lowest BCUT2D eigenvalue weighted by molar-refractivity contribution is 0.0956. The number of amides is 1. The van der Waals surface area contributed by atoms with E-state index in [2.05, 4.69) is 10.5 Å². The SMILES string of the molecule is COc1cc(-c2cc(C(=O)NN=Cc3ccc(N(C)C)cc3)c3ccccc3n2)cc(OC)c1OC. The summed E-state index contributed by atoms with van der Waals surface area (Å²) in [5, 5.41) is 4.88. The van der Waals surface area contributed by atoms with Crippen LogP contribution in [0.5, 0.6) is 17.2 Å². The van der Waals surface area contributed by atoms with Gasteiger partial charge in [-0.15, -0.1) is 0 Å². The van der Waals surface area contributed by atoms with Crippen LogP contribution in [0.3, 0.4) is 0 Å². The predicted molar refractivity (Wildman–Crippen MR) is 143 cm³/mol. The number of para-hydroxylation sites is 1. The van der Waals surface area contributed by atoms with Crippen LogP contribution in [-0.4, -0.2) is 52.5 Å². The monoisotopic (exact) mass is 484 g/mol. The lowest BCUT2D eigenvalue weighted by Gasteiger charge is -2.15. The maximum atomic E-state index is 13.2. The van der Waals surface area contributed by atoms with Gasteiger partial charge in [-0.25, -0.2) is 10.4 Å². The van der Waals surface area contributed by atoms with Gasteiger partial charge in [0.2, 0.25) is 5.75 Å². The molecule has 184 valence electrons. The van der Waals surface area contributed by atoms with Crippen molar-refractivity contribution in [3.05, 3.63) is 77.9 Å². The van der Waals surface area contributed by atoms with Gasteiger partial charge < -0.3 is 19.1 Å². The number of benzene rings is 3. The molecule has 0 unspecified atom stereocenters. The number of hydrazone groups is 1. The first-order chi connectivity index (χ1) is 17.4. The maximum Gasteiger partial charge on any atom is 0.272 e. The fourth-order valence-corrected chi connectivity index (χ4v) is 3.82. The Morgan fingerprint density at radius 1 is 0.917 bits per heavy atom. The minimum Gasteiger partial charge on any atom is -0.493 e. The van der Waals surface area contributed by atoms with E-state index in [4.69, 9.17) is 19.2 Å². The molecular weight excluding hydrogens is 456 g/mol. The van der Waals surface area contributed by atoms with E-state index in [9.17, 15) is 4.79 Å². The topological polar surface area (TPSA) is 85.3 Å². The number of fused-ring (bicyclic) bond motifs is 1. The fourth-order valence-electron chi connectivity index (χ4n) is 3.82. The number of methoxy groups -OCH3 is 3. The zero-order chi connectivity index (χ0) is 25.7. The second kappa shape index (κ2) is 10.8. The van der Waals surface area contributed by atoms with Crippen molar-refractivity contribution in [2.45, 2.75) is 0 Å². The molecule has 1 heterocycles. The van der Waals surface area contributed by atoms with E-state index in [1.54, 1.807) is 45.7 Å². The Balaban J connectivity index is 1.69. The molecule has 0 saturated carbocycles. The molecule has 0 aliphatic rings. The Kier molecular flexibility index (Phi) is 7.34. The highest BCUT2D eigenvalue weighted by molar-refractivity contribution is 6.07. The van der Waals surface area contributed by atoms with Crippen LogP contribution in [0.4, 0.5) is 5.69 Å². The Bertz CT molecular complexity index is 1390. The Labute approximate surface area is 210 Å². The van der Waals surface area contributed by atoms with Crippen molar-refractivity contribution in [2.75, 3.05) is 40.3 Å². The average Bonchev–Trinajstić information content (AvgIpc) is 2.91. The molecule has 36 heavy (non-hydrogen) atoms. The first kappa shape index (κ1) is 24.5. The van der Waals surface area contributed by atoms with Gasteiger partial charge in [0.05, 0.1) is 44.3 Å². The number of anilines is 1. The van der Waals surface area contributed by atoms with Crippen molar-refractivity contribution in [3.8, 4) is 28.5 Å². The number of rotatable bonds is 8. The van der Waals surface area contributed by atoms with Gasteiger partial charge >= 0.3 is 0 Å². The third-order valence-electron chi connectivity index (χ3n) is 5.71. The number of nitrogens with zero attached hydrogens (tertiary/aromatic N) is 3. The largest absolute Gasteiger partial charge is 0.493 e. The van der Waals surface area contributed by atoms with Crippen molar-refractivity contribution in [3.63, 3.8) is 0 Å². The molecule has 0 bridgehead atoms. The number of carbonyl (C=O) groups excluding carboxylic acids is 1. The number of ether oxygens (including phenoxy) is 3. The number of hydrogen-bond acceptors (Lipinski definition) is 7. The fraction of sp³-hybridized carbons (Fsp3) is 0.179. The molecule has 1 aromatic heterocycles. The van der Waals surface area contributed by atoms with E-state index in [-0.39, 0.29) is 5.91 Å². The lowest BCUT2D eigenvalue weighted by Crippen LogP contribution is -2.18. The second-order valence-corrected chi connectivity index (χ2v) is 8.17. The van der Waals surface area contributed by atoms with E-state index >= 15 is 0 Å². The summed E-state index contributed by atoms with van der Waals surface area (Å²) in [5.41, 5.74) is 7.03. The van der Waals surface area contributed by atoms with Crippen LogP contribution in [0.2, 0.25) is 0 Å². The molecule has 4 rings (SSSR count). The molecule has 0 atom stereocenters. The van der Waals surface area contributed by atoms with Crippen LogP contribution in [0.15, 0.2) is 71.8 Å². The molecule has 0 spiro atoms. The molecule has 3 aromatic carbocycles. The summed E-state index contributed by atoms with van der Waals surface area (Å²) in [7, 11) is 8.62. The first-order valence-corrected chi connectivity index (χ1v) is 11.3. The molecule has 4 aromatic rings. The van der Waals surface area contributed by atoms with Crippen molar-refractivity contribution in [1.29, 1.82) is 0 Å². The third-order valence-corrected chi connectivity index (χ3v) is 5.71. The maximum absolute atomic E-state index is 13.2. The van der Waals surface area contributed by atoms with Gasteiger partial charge in [-0.2, -0.15) is 5.10 Å². The number of nitrogens with one attached hydrogen (secondary N) is 1. The van der Waals surface area contributed by atoms with Gasteiger partial charge in [-0.05, 0) is 42.0 Å². The number of pyridine rings is 1. The molecule has 0 aliphatic carbocycles. The molecule has 1 N–H and O–H groups in total. The number of hydrogen-bond donors (Lipinski definition) is 1.